The third-order valence-corrected chi connectivity index (χ3v) is 5.00. The van der Waals surface area contributed by atoms with Gasteiger partial charge >= 0.3 is 5.97 Å². The molecule has 1 saturated heterocycles. The van der Waals surface area contributed by atoms with E-state index in [0.717, 1.165) is 23.1 Å². The molecule has 0 spiro atoms. The first kappa shape index (κ1) is 22.8. The highest BCUT2D eigenvalue weighted by atomic mass is 32.2. The van der Waals surface area contributed by atoms with E-state index in [4.69, 9.17) is 14.2 Å². The number of hydrogen-bond donors (Lipinski definition) is 0. The molecule has 0 N–H and O–H groups in total. The molecule has 0 radical (unpaired) electrons. The smallest absolute Gasteiger partial charge is 0.326 e. The number of carbonyl (C=O) groups is 3. The topological polar surface area (TPSA) is 82.1 Å². The van der Waals surface area contributed by atoms with Gasteiger partial charge in [-0.1, -0.05) is 19.9 Å². The van der Waals surface area contributed by atoms with Gasteiger partial charge in [-0.3, -0.25) is 19.3 Å². The Morgan fingerprint density at radius 2 is 1.93 bits per heavy atom. The van der Waals surface area contributed by atoms with Crippen molar-refractivity contribution in [2.24, 2.45) is 0 Å². The standard InChI is InChI=1S/C21H27NO6S/c1-5-10-27-16-9-8-15(11-17(16)26-7-3)12-18-20(24)22(21(25)29-18)13-19(23)28-14(4)6-2/h8-9,11-12,14H,5-7,10,13H2,1-4H3/b18-12-/t14-/m0/s1. The summed E-state index contributed by atoms with van der Waals surface area (Å²) >= 11 is 0.799. The molecule has 0 bridgehead atoms. The summed E-state index contributed by atoms with van der Waals surface area (Å²) in [5.74, 6) is 0.0992. The molecule has 1 aromatic carbocycles. The maximum atomic E-state index is 12.6. The van der Waals surface area contributed by atoms with E-state index in [-0.39, 0.29) is 17.6 Å². The molecule has 8 heteroatoms. The van der Waals surface area contributed by atoms with Gasteiger partial charge < -0.3 is 14.2 Å². The number of thioether (sulfide) groups is 1. The fourth-order valence-electron chi connectivity index (χ4n) is 2.48. The zero-order chi connectivity index (χ0) is 21.4. The van der Waals surface area contributed by atoms with Crippen LogP contribution in [-0.2, 0) is 14.3 Å². The number of rotatable bonds is 10. The van der Waals surface area contributed by atoms with E-state index < -0.39 is 17.1 Å². The Kier molecular flexibility index (Phi) is 8.57. The Balaban J connectivity index is 2.15. The number of amides is 2. The Hall–Kier alpha value is -2.48. The second-order valence-corrected chi connectivity index (χ2v) is 7.46. The van der Waals surface area contributed by atoms with E-state index in [1.807, 2.05) is 20.8 Å². The maximum absolute atomic E-state index is 12.6. The zero-order valence-electron chi connectivity index (χ0n) is 17.2. The molecule has 2 rings (SSSR count). The van der Waals surface area contributed by atoms with Crippen LogP contribution in [0.1, 0.15) is 46.1 Å². The van der Waals surface area contributed by atoms with Gasteiger partial charge in [0.1, 0.15) is 6.54 Å². The van der Waals surface area contributed by atoms with Crippen molar-refractivity contribution >= 4 is 35.0 Å². The molecule has 0 saturated carbocycles. The zero-order valence-corrected chi connectivity index (χ0v) is 18.0. The van der Waals surface area contributed by atoms with Gasteiger partial charge in [0, 0.05) is 0 Å². The van der Waals surface area contributed by atoms with E-state index in [1.54, 1.807) is 31.2 Å². The summed E-state index contributed by atoms with van der Waals surface area (Å²) < 4.78 is 16.5. The third-order valence-electron chi connectivity index (χ3n) is 4.10. The number of hydrogen-bond acceptors (Lipinski definition) is 7. The molecule has 7 nitrogen and oxygen atoms in total. The van der Waals surface area contributed by atoms with Gasteiger partial charge in [0.05, 0.1) is 24.2 Å². The first-order chi connectivity index (χ1) is 13.9. The van der Waals surface area contributed by atoms with Gasteiger partial charge in [-0.25, -0.2) is 0 Å². The van der Waals surface area contributed by atoms with Gasteiger partial charge in [-0.2, -0.15) is 0 Å². The van der Waals surface area contributed by atoms with Crippen LogP contribution in [0.3, 0.4) is 0 Å². The van der Waals surface area contributed by atoms with Crippen molar-refractivity contribution in [3.05, 3.63) is 28.7 Å². The lowest BCUT2D eigenvalue weighted by Gasteiger charge is -2.15. The molecule has 1 aliphatic rings. The highest BCUT2D eigenvalue weighted by Gasteiger charge is 2.36. The summed E-state index contributed by atoms with van der Waals surface area (Å²) in [6.07, 6.45) is 2.88. The van der Waals surface area contributed by atoms with E-state index >= 15 is 0 Å². The lowest BCUT2D eigenvalue weighted by molar-refractivity contribution is -0.150. The van der Waals surface area contributed by atoms with Crippen LogP contribution >= 0.6 is 11.8 Å². The first-order valence-corrected chi connectivity index (χ1v) is 10.6. The van der Waals surface area contributed by atoms with Gasteiger partial charge in [0.15, 0.2) is 11.5 Å². The van der Waals surface area contributed by atoms with Crippen LogP contribution in [0.15, 0.2) is 23.1 Å². The summed E-state index contributed by atoms with van der Waals surface area (Å²) in [5.41, 5.74) is 0.699. The van der Waals surface area contributed by atoms with E-state index in [2.05, 4.69) is 0 Å². The van der Waals surface area contributed by atoms with Crippen LogP contribution in [0.2, 0.25) is 0 Å². The Morgan fingerprint density at radius 1 is 1.17 bits per heavy atom. The molecule has 158 valence electrons. The molecule has 29 heavy (non-hydrogen) atoms. The molecule has 2 amide bonds. The van der Waals surface area contributed by atoms with Gasteiger partial charge in [0.2, 0.25) is 0 Å². The van der Waals surface area contributed by atoms with Crippen molar-refractivity contribution in [3.63, 3.8) is 0 Å². The number of carbonyl (C=O) groups excluding carboxylic acids is 3. The molecule has 1 atom stereocenters. The van der Waals surface area contributed by atoms with Gasteiger partial charge in [-0.05, 0) is 62.2 Å². The van der Waals surface area contributed by atoms with Crippen molar-refractivity contribution in [1.29, 1.82) is 0 Å². The average Bonchev–Trinajstić information content (AvgIpc) is 2.94. The highest BCUT2D eigenvalue weighted by molar-refractivity contribution is 8.18. The quantitative estimate of drug-likeness (QED) is 0.412. The van der Waals surface area contributed by atoms with Crippen molar-refractivity contribution in [3.8, 4) is 11.5 Å². The second kappa shape index (κ2) is 10.9. The van der Waals surface area contributed by atoms with Crippen molar-refractivity contribution < 1.29 is 28.6 Å². The van der Waals surface area contributed by atoms with Crippen molar-refractivity contribution in [1.82, 2.24) is 4.90 Å². The van der Waals surface area contributed by atoms with Crippen LogP contribution in [0.4, 0.5) is 4.79 Å². The van der Waals surface area contributed by atoms with Crippen LogP contribution in [0, 0.1) is 0 Å². The normalized spacial score (nSPS) is 16.3. The Bertz CT molecular complexity index is 791. The maximum Gasteiger partial charge on any atom is 0.326 e. The molecule has 0 aliphatic carbocycles. The van der Waals surface area contributed by atoms with Crippen LogP contribution in [0.25, 0.3) is 6.08 Å². The van der Waals surface area contributed by atoms with Crippen molar-refractivity contribution in [2.45, 2.75) is 46.6 Å². The minimum atomic E-state index is -0.598. The lowest BCUT2D eigenvalue weighted by atomic mass is 10.2. The van der Waals surface area contributed by atoms with Crippen molar-refractivity contribution in [2.75, 3.05) is 19.8 Å². The predicted molar refractivity (Wildman–Crippen MR) is 112 cm³/mol. The molecule has 1 aliphatic heterocycles. The highest BCUT2D eigenvalue weighted by Crippen LogP contribution is 2.34. The molecule has 1 aromatic rings. The average molecular weight is 422 g/mol. The Morgan fingerprint density at radius 3 is 2.59 bits per heavy atom. The SMILES string of the molecule is CCCOc1ccc(/C=C2\SC(=O)N(CC(=O)O[C@@H](C)CC)C2=O)cc1OCC. The van der Waals surface area contributed by atoms with E-state index in [9.17, 15) is 14.4 Å². The van der Waals surface area contributed by atoms with E-state index in [1.165, 1.54) is 0 Å². The third kappa shape index (κ3) is 6.25. The summed E-state index contributed by atoms with van der Waals surface area (Å²) in [6, 6.07) is 5.33. The molecule has 1 fully saturated rings. The molecule has 0 aromatic heterocycles. The molecular formula is C21H27NO6S. The monoisotopic (exact) mass is 421 g/mol. The number of esters is 1. The number of ether oxygens (including phenoxy) is 3. The van der Waals surface area contributed by atoms with Gasteiger partial charge in [0.25, 0.3) is 11.1 Å². The minimum absolute atomic E-state index is 0.246. The minimum Gasteiger partial charge on any atom is -0.490 e. The fraction of sp³-hybridized carbons (Fsp3) is 0.476. The van der Waals surface area contributed by atoms with Gasteiger partial charge in [-0.15, -0.1) is 0 Å². The number of imide groups is 1. The largest absolute Gasteiger partial charge is 0.490 e. The van der Waals surface area contributed by atoms with E-state index in [0.29, 0.717) is 36.7 Å². The lowest BCUT2D eigenvalue weighted by Crippen LogP contribution is -2.35. The second-order valence-electron chi connectivity index (χ2n) is 6.46. The number of benzene rings is 1. The van der Waals surface area contributed by atoms with Crippen LogP contribution in [-0.4, -0.2) is 47.9 Å². The Labute approximate surface area is 175 Å². The first-order valence-electron chi connectivity index (χ1n) is 9.74. The van der Waals surface area contributed by atoms with Crippen LogP contribution in [0.5, 0.6) is 11.5 Å². The molecular weight excluding hydrogens is 394 g/mol. The fourth-order valence-corrected chi connectivity index (χ4v) is 3.31. The molecule has 0 unspecified atom stereocenters. The number of nitrogens with zero attached hydrogens (tertiary/aromatic N) is 1. The van der Waals surface area contributed by atoms with Crippen LogP contribution < -0.4 is 9.47 Å². The summed E-state index contributed by atoms with van der Waals surface area (Å²) in [7, 11) is 0. The predicted octanol–water partition coefficient (Wildman–Crippen LogP) is 4.25. The summed E-state index contributed by atoms with van der Waals surface area (Å²) in [5, 5.41) is -0.490. The molecule has 1 heterocycles. The summed E-state index contributed by atoms with van der Waals surface area (Å²) in [4.78, 5) is 37.9. The summed E-state index contributed by atoms with van der Waals surface area (Å²) in [6.45, 7) is 8.20.